The summed E-state index contributed by atoms with van der Waals surface area (Å²) >= 11 is 1.71. The zero-order valence-corrected chi connectivity index (χ0v) is 9.26. The Kier molecular flexibility index (Phi) is 3.15. The fourth-order valence-corrected chi connectivity index (χ4v) is 2.56. The molecule has 0 radical (unpaired) electrons. The molecule has 4 heteroatoms. The first-order chi connectivity index (χ1) is 6.81. The fourth-order valence-electron chi connectivity index (χ4n) is 1.91. The molecule has 3 nitrogen and oxygen atoms in total. The van der Waals surface area contributed by atoms with Crippen molar-refractivity contribution in [1.29, 1.82) is 0 Å². The van der Waals surface area contributed by atoms with E-state index in [0.29, 0.717) is 12.0 Å². The van der Waals surface area contributed by atoms with Crippen LogP contribution >= 0.6 is 11.3 Å². The molecule has 1 saturated carbocycles. The highest BCUT2D eigenvalue weighted by Gasteiger charge is 2.32. The van der Waals surface area contributed by atoms with Crippen LogP contribution in [0.3, 0.4) is 0 Å². The highest BCUT2D eigenvalue weighted by Crippen LogP contribution is 2.38. The van der Waals surface area contributed by atoms with Crippen molar-refractivity contribution >= 4 is 11.3 Å². The second-order valence-electron chi connectivity index (χ2n) is 4.14. The third kappa shape index (κ3) is 2.32. The summed E-state index contributed by atoms with van der Waals surface area (Å²) in [6.07, 6.45) is 5.71. The van der Waals surface area contributed by atoms with E-state index in [4.69, 9.17) is 5.84 Å². The standard InChI is InChI=1S/C10H17N3S/c1-7(8-2-3-8)10(13-11)4-9-5-12-6-14-9/h5-8,10,13H,2-4,11H2,1H3. The number of nitrogens with zero attached hydrogens (tertiary/aromatic N) is 1. The monoisotopic (exact) mass is 211 g/mol. The molecule has 1 fully saturated rings. The predicted octanol–water partition coefficient (Wildman–Crippen LogP) is 1.56. The van der Waals surface area contributed by atoms with Crippen LogP contribution in [0.15, 0.2) is 11.7 Å². The first-order valence-corrected chi connectivity index (χ1v) is 6.02. The van der Waals surface area contributed by atoms with Crippen LogP contribution < -0.4 is 11.3 Å². The van der Waals surface area contributed by atoms with Gasteiger partial charge in [0.1, 0.15) is 0 Å². The lowest BCUT2D eigenvalue weighted by Gasteiger charge is -2.22. The van der Waals surface area contributed by atoms with Gasteiger partial charge in [-0.2, -0.15) is 0 Å². The van der Waals surface area contributed by atoms with E-state index in [-0.39, 0.29) is 0 Å². The van der Waals surface area contributed by atoms with Gasteiger partial charge in [0.15, 0.2) is 0 Å². The molecular formula is C10H17N3S. The van der Waals surface area contributed by atoms with Gasteiger partial charge in [-0.25, -0.2) is 0 Å². The van der Waals surface area contributed by atoms with Gasteiger partial charge in [0.05, 0.1) is 5.51 Å². The summed E-state index contributed by atoms with van der Waals surface area (Å²) in [6, 6.07) is 0.406. The van der Waals surface area contributed by atoms with Gasteiger partial charge >= 0.3 is 0 Å². The Bertz CT molecular complexity index is 269. The zero-order valence-electron chi connectivity index (χ0n) is 8.44. The number of hydrogen-bond donors (Lipinski definition) is 2. The lowest BCUT2D eigenvalue weighted by Crippen LogP contribution is -2.42. The van der Waals surface area contributed by atoms with Gasteiger partial charge in [0.25, 0.3) is 0 Å². The fraction of sp³-hybridized carbons (Fsp3) is 0.700. The minimum Gasteiger partial charge on any atom is -0.271 e. The number of hydrogen-bond acceptors (Lipinski definition) is 4. The van der Waals surface area contributed by atoms with Gasteiger partial charge in [-0.1, -0.05) is 6.92 Å². The molecule has 14 heavy (non-hydrogen) atoms. The molecule has 2 rings (SSSR count). The molecule has 2 atom stereocenters. The molecule has 0 amide bonds. The highest BCUT2D eigenvalue weighted by molar-refractivity contribution is 7.09. The van der Waals surface area contributed by atoms with Gasteiger partial charge in [-0.15, -0.1) is 11.3 Å². The van der Waals surface area contributed by atoms with E-state index in [1.807, 2.05) is 11.7 Å². The predicted molar refractivity (Wildman–Crippen MR) is 58.8 cm³/mol. The molecule has 1 aromatic rings. The van der Waals surface area contributed by atoms with E-state index in [9.17, 15) is 0 Å². The number of hydrazine groups is 1. The minimum atomic E-state index is 0.406. The molecule has 3 N–H and O–H groups in total. The summed E-state index contributed by atoms with van der Waals surface area (Å²) in [6.45, 7) is 2.29. The Hall–Kier alpha value is -0.450. The van der Waals surface area contributed by atoms with Crippen LogP contribution in [0.1, 0.15) is 24.6 Å². The van der Waals surface area contributed by atoms with Crippen molar-refractivity contribution in [3.05, 3.63) is 16.6 Å². The van der Waals surface area contributed by atoms with Crippen molar-refractivity contribution in [1.82, 2.24) is 10.4 Å². The van der Waals surface area contributed by atoms with Crippen molar-refractivity contribution in [2.75, 3.05) is 0 Å². The molecule has 0 aliphatic heterocycles. The first-order valence-electron chi connectivity index (χ1n) is 5.14. The Morgan fingerprint density at radius 3 is 3.00 bits per heavy atom. The maximum Gasteiger partial charge on any atom is 0.0794 e. The average Bonchev–Trinajstić information content (AvgIpc) is 2.93. The van der Waals surface area contributed by atoms with Crippen LogP contribution in [0, 0.1) is 11.8 Å². The molecule has 78 valence electrons. The molecular weight excluding hydrogens is 194 g/mol. The van der Waals surface area contributed by atoms with Crippen LogP contribution in [0.4, 0.5) is 0 Å². The second kappa shape index (κ2) is 4.38. The SMILES string of the molecule is CC(C1CC1)C(Cc1cncs1)NN. The van der Waals surface area contributed by atoms with Crippen LogP contribution in [0.5, 0.6) is 0 Å². The van der Waals surface area contributed by atoms with E-state index in [1.165, 1.54) is 17.7 Å². The number of thiazole rings is 1. The van der Waals surface area contributed by atoms with Crippen LogP contribution in [-0.4, -0.2) is 11.0 Å². The summed E-state index contributed by atoms with van der Waals surface area (Å²) < 4.78 is 0. The maximum atomic E-state index is 5.59. The van der Waals surface area contributed by atoms with Crippen molar-refractivity contribution in [3.63, 3.8) is 0 Å². The first kappa shape index (κ1) is 10.1. The Balaban J connectivity index is 1.92. The Morgan fingerprint density at radius 1 is 1.71 bits per heavy atom. The lowest BCUT2D eigenvalue weighted by atomic mass is 9.94. The third-order valence-electron chi connectivity index (χ3n) is 3.12. The summed E-state index contributed by atoms with van der Waals surface area (Å²) in [5, 5.41) is 0. The van der Waals surface area contributed by atoms with Crippen molar-refractivity contribution in [2.24, 2.45) is 17.7 Å². The average molecular weight is 211 g/mol. The summed E-state index contributed by atoms with van der Waals surface area (Å²) in [7, 11) is 0. The van der Waals surface area contributed by atoms with Crippen molar-refractivity contribution < 1.29 is 0 Å². The lowest BCUT2D eigenvalue weighted by molar-refractivity contribution is 0.345. The molecule has 0 saturated heterocycles. The summed E-state index contributed by atoms with van der Waals surface area (Å²) in [5.74, 6) is 7.17. The molecule has 1 aliphatic carbocycles. The molecule has 1 aromatic heterocycles. The van der Waals surface area contributed by atoms with Gasteiger partial charge < -0.3 is 0 Å². The van der Waals surface area contributed by atoms with Crippen LogP contribution in [-0.2, 0) is 6.42 Å². The van der Waals surface area contributed by atoms with Gasteiger partial charge in [0, 0.05) is 23.5 Å². The molecule has 2 unspecified atom stereocenters. The Morgan fingerprint density at radius 2 is 2.50 bits per heavy atom. The number of rotatable bonds is 5. The van der Waals surface area contributed by atoms with Crippen LogP contribution in [0.2, 0.25) is 0 Å². The van der Waals surface area contributed by atoms with E-state index in [0.717, 1.165) is 12.3 Å². The van der Waals surface area contributed by atoms with E-state index in [1.54, 1.807) is 11.3 Å². The number of aromatic nitrogens is 1. The smallest absolute Gasteiger partial charge is 0.0794 e. The maximum absolute atomic E-state index is 5.59. The molecule has 0 aromatic carbocycles. The largest absolute Gasteiger partial charge is 0.271 e. The second-order valence-corrected chi connectivity index (χ2v) is 5.11. The van der Waals surface area contributed by atoms with Gasteiger partial charge in [0.2, 0.25) is 0 Å². The molecule has 1 aliphatic rings. The normalized spacial score (nSPS) is 20.7. The third-order valence-corrected chi connectivity index (χ3v) is 3.92. The summed E-state index contributed by atoms with van der Waals surface area (Å²) in [5.41, 5.74) is 4.82. The number of nitrogens with one attached hydrogen (secondary N) is 1. The van der Waals surface area contributed by atoms with Crippen molar-refractivity contribution in [3.8, 4) is 0 Å². The van der Waals surface area contributed by atoms with Gasteiger partial charge in [-0.3, -0.25) is 16.3 Å². The van der Waals surface area contributed by atoms with Crippen LogP contribution in [0.25, 0.3) is 0 Å². The molecule has 0 bridgehead atoms. The minimum absolute atomic E-state index is 0.406. The topological polar surface area (TPSA) is 50.9 Å². The highest BCUT2D eigenvalue weighted by atomic mass is 32.1. The van der Waals surface area contributed by atoms with Crippen molar-refractivity contribution in [2.45, 2.75) is 32.2 Å². The quantitative estimate of drug-likeness (QED) is 0.574. The number of nitrogens with two attached hydrogens (primary N) is 1. The van der Waals surface area contributed by atoms with E-state index >= 15 is 0 Å². The molecule has 0 spiro atoms. The van der Waals surface area contributed by atoms with E-state index in [2.05, 4.69) is 17.3 Å². The van der Waals surface area contributed by atoms with Gasteiger partial charge in [-0.05, 0) is 24.7 Å². The zero-order chi connectivity index (χ0) is 9.97. The molecule has 1 heterocycles. The van der Waals surface area contributed by atoms with E-state index < -0.39 is 0 Å². The Labute approximate surface area is 88.7 Å². The summed E-state index contributed by atoms with van der Waals surface area (Å²) in [4.78, 5) is 5.40.